The molecular weight excluding hydrogens is 228 g/mol. The number of hydrogen-bond acceptors (Lipinski definition) is 3. The molecule has 18 heavy (non-hydrogen) atoms. The lowest BCUT2D eigenvalue weighted by Gasteiger charge is -2.11. The van der Waals surface area contributed by atoms with Gasteiger partial charge in [0, 0.05) is 12.2 Å². The molecule has 0 aliphatic heterocycles. The van der Waals surface area contributed by atoms with E-state index < -0.39 is 0 Å². The number of rotatable bonds is 7. The lowest BCUT2D eigenvalue weighted by atomic mass is 10.3. The van der Waals surface area contributed by atoms with E-state index in [1.54, 1.807) is 6.08 Å². The van der Waals surface area contributed by atoms with Crippen molar-refractivity contribution in [3.05, 3.63) is 36.9 Å². The lowest BCUT2D eigenvalue weighted by molar-refractivity contribution is -0.119. The van der Waals surface area contributed by atoms with E-state index in [-0.39, 0.29) is 18.6 Å². The summed E-state index contributed by atoms with van der Waals surface area (Å²) in [7, 11) is 0. The topological polar surface area (TPSA) is 50.4 Å². The first-order valence-electron chi connectivity index (χ1n) is 6.00. The average molecular weight is 248 g/mol. The smallest absolute Gasteiger partial charge is 0.239 e. The Labute approximate surface area is 108 Å². The first-order chi connectivity index (χ1) is 8.61. The highest BCUT2D eigenvalue weighted by Crippen LogP contribution is 2.16. The monoisotopic (exact) mass is 248 g/mol. The molecule has 4 heteroatoms. The zero-order valence-corrected chi connectivity index (χ0v) is 10.9. The van der Waals surface area contributed by atoms with Gasteiger partial charge in [0.2, 0.25) is 5.91 Å². The maximum absolute atomic E-state index is 11.3. The van der Waals surface area contributed by atoms with Gasteiger partial charge >= 0.3 is 0 Å². The highest BCUT2D eigenvalue weighted by molar-refractivity contribution is 5.80. The summed E-state index contributed by atoms with van der Waals surface area (Å²) in [4.78, 5) is 11.3. The van der Waals surface area contributed by atoms with Gasteiger partial charge in [-0.15, -0.1) is 6.58 Å². The number of carbonyl (C=O) groups is 1. The second kappa shape index (κ2) is 7.37. The van der Waals surface area contributed by atoms with E-state index in [4.69, 9.17) is 4.74 Å². The van der Waals surface area contributed by atoms with E-state index in [9.17, 15) is 4.79 Å². The Balaban J connectivity index is 2.39. The molecule has 0 aromatic heterocycles. The van der Waals surface area contributed by atoms with E-state index in [0.717, 1.165) is 11.4 Å². The van der Waals surface area contributed by atoms with Gasteiger partial charge in [0.15, 0.2) is 0 Å². The van der Waals surface area contributed by atoms with Crippen LogP contribution in [0.15, 0.2) is 36.9 Å². The maximum Gasteiger partial charge on any atom is 0.239 e. The van der Waals surface area contributed by atoms with Crippen molar-refractivity contribution >= 4 is 11.6 Å². The molecule has 0 unspecified atom stereocenters. The van der Waals surface area contributed by atoms with Gasteiger partial charge in [-0.2, -0.15) is 0 Å². The molecule has 1 rings (SSSR count). The second-order valence-electron chi connectivity index (χ2n) is 4.14. The standard InChI is InChI=1S/C14H20N2O2/c1-4-9-15-14(17)10-16-12-5-7-13(8-6-12)18-11(2)3/h4-8,11,16H,1,9-10H2,2-3H3,(H,15,17). The van der Waals surface area contributed by atoms with Crippen molar-refractivity contribution in [3.63, 3.8) is 0 Å². The Kier molecular flexibility index (Phi) is 5.77. The number of nitrogens with one attached hydrogen (secondary N) is 2. The summed E-state index contributed by atoms with van der Waals surface area (Å²) in [5, 5.41) is 5.73. The van der Waals surface area contributed by atoms with Crippen LogP contribution in [0.5, 0.6) is 5.75 Å². The minimum atomic E-state index is -0.0580. The predicted molar refractivity (Wildman–Crippen MR) is 73.9 cm³/mol. The van der Waals surface area contributed by atoms with Crippen molar-refractivity contribution in [1.82, 2.24) is 5.32 Å². The highest BCUT2D eigenvalue weighted by atomic mass is 16.5. The van der Waals surface area contributed by atoms with Crippen molar-refractivity contribution in [3.8, 4) is 5.75 Å². The fraction of sp³-hybridized carbons (Fsp3) is 0.357. The van der Waals surface area contributed by atoms with Gasteiger partial charge in [0.25, 0.3) is 0 Å². The van der Waals surface area contributed by atoms with Crippen LogP contribution in [-0.4, -0.2) is 25.1 Å². The van der Waals surface area contributed by atoms with Crippen LogP contribution in [0.3, 0.4) is 0 Å². The Bertz CT molecular complexity index is 385. The zero-order chi connectivity index (χ0) is 13.4. The summed E-state index contributed by atoms with van der Waals surface area (Å²) < 4.78 is 5.53. The van der Waals surface area contributed by atoms with E-state index in [1.807, 2.05) is 38.1 Å². The van der Waals surface area contributed by atoms with E-state index in [0.29, 0.717) is 6.54 Å². The minimum Gasteiger partial charge on any atom is -0.491 e. The lowest BCUT2D eigenvalue weighted by Crippen LogP contribution is -2.29. The van der Waals surface area contributed by atoms with Crippen molar-refractivity contribution in [1.29, 1.82) is 0 Å². The van der Waals surface area contributed by atoms with Crippen molar-refractivity contribution in [2.75, 3.05) is 18.4 Å². The number of amides is 1. The van der Waals surface area contributed by atoms with Crippen LogP contribution >= 0.6 is 0 Å². The molecule has 2 N–H and O–H groups in total. The van der Waals surface area contributed by atoms with Crippen molar-refractivity contribution in [2.24, 2.45) is 0 Å². The summed E-state index contributed by atoms with van der Waals surface area (Å²) in [5.74, 6) is 0.768. The normalized spacial score (nSPS) is 9.94. The molecule has 1 amide bonds. The van der Waals surface area contributed by atoms with Gasteiger partial charge in [0.1, 0.15) is 5.75 Å². The molecule has 1 aromatic carbocycles. The molecule has 0 spiro atoms. The minimum absolute atomic E-state index is 0.0580. The van der Waals surface area contributed by atoms with Gasteiger partial charge in [-0.05, 0) is 38.1 Å². The number of ether oxygens (including phenoxy) is 1. The van der Waals surface area contributed by atoms with Gasteiger partial charge in [0.05, 0.1) is 12.6 Å². The molecule has 0 fully saturated rings. The molecule has 0 saturated heterocycles. The largest absolute Gasteiger partial charge is 0.491 e. The van der Waals surface area contributed by atoms with E-state index in [2.05, 4.69) is 17.2 Å². The van der Waals surface area contributed by atoms with Crippen LogP contribution in [0.4, 0.5) is 5.69 Å². The summed E-state index contributed by atoms with van der Waals surface area (Å²) >= 11 is 0. The Morgan fingerprint density at radius 2 is 2.06 bits per heavy atom. The first kappa shape index (κ1) is 14.1. The Morgan fingerprint density at radius 3 is 2.61 bits per heavy atom. The number of benzene rings is 1. The van der Waals surface area contributed by atoms with Crippen LogP contribution < -0.4 is 15.4 Å². The van der Waals surface area contributed by atoms with Gasteiger partial charge < -0.3 is 15.4 Å². The van der Waals surface area contributed by atoms with Crippen molar-refractivity contribution in [2.45, 2.75) is 20.0 Å². The van der Waals surface area contributed by atoms with Gasteiger partial charge in [-0.3, -0.25) is 4.79 Å². The third kappa shape index (κ3) is 5.39. The Hall–Kier alpha value is -1.97. The maximum atomic E-state index is 11.3. The highest BCUT2D eigenvalue weighted by Gasteiger charge is 2.00. The number of hydrogen-bond donors (Lipinski definition) is 2. The summed E-state index contributed by atoms with van der Waals surface area (Å²) in [6.07, 6.45) is 1.81. The molecular formula is C14H20N2O2. The SMILES string of the molecule is C=CCNC(=O)CNc1ccc(OC(C)C)cc1. The van der Waals surface area contributed by atoms with Gasteiger partial charge in [-0.25, -0.2) is 0 Å². The molecule has 0 heterocycles. The average Bonchev–Trinajstić information content (AvgIpc) is 2.35. The van der Waals surface area contributed by atoms with Crippen LogP contribution in [0.1, 0.15) is 13.8 Å². The molecule has 0 saturated carbocycles. The van der Waals surface area contributed by atoms with E-state index >= 15 is 0 Å². The molecule has 0 atom stereocenters. The summed E-state index contributed by atoms with van der Waals surface area (Å²) in [5.41, 5.74) is 0.889. The van der Waals surface area contributed by atoms with Crippen LogP contribution in [0.25, 0.3) is 0 Å². The summed E-state index contributed by atoms with van der Waals surface area (Å²) in [6, 6.07) is 7.53. The van der Waals surface area contributed by atoms with Crippen LogP contribution in [0.2, 0.25) is 0 Å². The van der Waals surface area contributed by atoms with Crippen LogP contribution in [0, 0.1) is 0 Å². The first-order valence-corrected chi connectivity index (χ1v) is 6.00. The third-order valence-electron chi connectivity index (χ3n) is 2.12. The predicted octanol–water partition coefficient (Wildman–Crippen LogP) is 2.19. The number of anilines is 1. The molecule has 0 aliphatic carbocycles. The molecule has 0 radical (unpaired) electrons. The van der Waals surface area contributed by atoms with E-state index in [1.165, 1.54) is 0 Å². The quantitative estimate of drug-likeness (QED) is 0.727. The molecule has 1 aromatic rings. The van der Waals surface area contributed by atoms with Crippen molar-refractivity contribution < 1.29 is 9.53 Å². The molecule has 98 valence electrons. The fourth-order valence-electron chi connectivity index (χ4n) is 1.35. The zero-order valence-electron chi connectivity index (χ0n) is 10.9. The molecule has 4 nitrogen and oxygen atoms in total. The van der Waals surface area contributed by atoms with Gasteiger partial charge in [-0.1, -0.05) is 6.08 Å². The number of carbonyl (C=O) groups excluding carboxylic acids is 1. The second-order valence-corrected chi connectivity index (χ2v) is 4.14. The van der Waals surface area contributed by atoms with Crippen LogP contribution in [-0.2, 0) is 4.79 Å². The molecule has 0 bridgehead atoms. The third-order valence-corrected chi connectivity index (χ3v) is 2.12. The summed E-state index contributed by atoms with van der Waals surface area (Å²) in [6.45, 7) is 8.24. The molecule has 0 aliphatic rings. The Morgan fingerprint density at radius 1 is 1.39 bits per heavy atom. The fourth-order valence-corrected chi connectivity index (χ4v) is 1.35.